The molecular weight excluding hydrogens is 222 g/mol. The van der Waals surface area contributed by atoms with Crippen LogP contribution in [-0.2, 0) is 0 Å². The topological polar surface area (TPSA) is 36.7 Å². The van der Waals surface area contributed by atoms with Gasteiger partial charge in [0.1, 0.15) is 6.07 Å². The molecule has 0 amide bonds. The Morgan fingerprint density at radius 2 is 2.12 bits per heavy atom. The Morgan fingerprint density at radius 1 is 1.29 bits per heavy atom. The number of nitriles is 1. The molecule has 1 aromatic heterocycles. The van der Waals surface area contributed by atoms with Crippen LogP contribution in [0.25, 0.3) is 0 Å². The zero-order valence-corrected chi connectivity index (χ0v) is 9.50. The van der Waals surface area contributed by atoms with Gasteiger partial charge >= 0.3 is 0 Å². The molecule has 4 heteroatoms. The summed E-state index contributed by atoms with van der Waals surface area (Å²) in [5.41, 5.74) is 1.34. The Balaban J connectivity index is 2.09. The van der Waals surface area contributed by atoms with Crippen LogP contribution in [0.3, 0.4) is 0 Å². The Morgan fingerprint density at radius 3 is 2.76 bits per heavy atom. The SMILES string of the molecule is N#Cc1ccc(C2CCCC(F)(F)CC2)nc1. The first-order valence-electron chi connectivity index (χ1n) is 5.85. The van der Waals surface area contributed by atoms with E-state index in [1.807, 2.05) is 6.07 Å². The van der Waals surface area contributed by atoms with Crippen LogP contribution in [0.5, 0.6) is 0 Å². The molecule has 1 saturated carbocycles. The Labute approximate surface area is 99.3 Å². The summed E-state index contributed by atoms with van der Waals surface area (Å²) in [6, 6.07) is 5.48. The molecule has 1 fully saturated rings. The van der Waals surface area contributed by atoms with Gasteiger partial charge in [0, 0.05) is 30.7 Å². The highest BCUT2D eigenvalue weighted by Gasteiger charge is 2.33. The van der Waals surface area contributed by atoms with Gasteiger partial charge in [0.05, 0.1) is 5.56 Å². The van der Waals surface area contributed by atoms with Gasteiger partial charge in [-0.25, -0.2) is 8.78 Å². The Bertz CT molecular complexity index is 420. The van der Waals surface area contributed by atoms with Gasteiger partial charge in [0.15, 0.2) is 0 Å². The standard InChI is InChI=1S/C13H14F2N2/c14-13(15)6-1-2-11(5-7-13)12-4-3-10(8-16)9-17-12/h3-4,9,11H,1-2,5-7H2. The van der Waals surface area contributed by atoms with Crippen LogP contribution in [0.15, 0.2) is 18.3 Å². The molecule has 1 aromatic rings. The minimum atomic E-state index is -2.51. The smallest absolute Gasteiger partial charge is 0.248 e. The molecule has 0 aromatic carbocycles. The molecule has 0 aliphatic heterocycles. The molecule has 0 spiro atoms. The number of hydrogen-bond donors (Lipinski definition) is 0. The largest absolute Gasteiger partial charge is 0.260 e. The van der Waals surface area contributed by atoms with E-state index < -0.39 is 5.92 Å². The number of rotatable bonds is 1. The summed E-state index contributed by atoms with van der Waals surface area (Å²) in [6.45, 7) is 0. The molecule has 90 valence electrons. The van der Waals surface area contributed by atoms with Crippen molar-refractivity contribution in [3.8, 4) is 6.07 Å². The minimum Gasteiger partial charge on any atom is -0.260 e. The first kappa shape index (κ1) is 12.0. The van der Waals surface area contributed by atoms with Crippen molar-refractivity contribution in [2.24, 2.45) is 0 Å². The van der Waals surface area contributed by atoms with Crippen molar-refractivity contribution in [1.82, 2.24) is 4.98 Å². The first-order valence-corrected chi connectivity index (χ1v) is 5.85. The zero-order chi connectivity index (χ0) is 12.3. The lowest BCUT2D eigenvalue weighted by molar-refractivity contribution is -0.0141. The summed E-state index contributed by atoms with van der Waals surface area (Å²) >= 11 is 0. The van der Waals surface area contributed by atoms with E-state index in [0.717, 1.165) is 12.1 Å². The number of alkyl halides is 2. The number of hydrogen-bond acceptors (Lipinski definition) is 2. The third-order valence-electron chi connectivity index (χ3n) is 3.29. The number of aromatic nitrogens is 1. The molecule has 1 heterocycles. The van der Waals surface area contributed by atoms with E-state index in [1.54, 1.807) is 12.1 Å². The average molecular weight is 236 g/mol. The Kier molecular flexibility index (Phi) is 3.37. The number of halogens is 2. The highest BCUT2D eigenvalue weighted by Crippen LogP contribution is 2.38. The van der Waals surface area contributed by atoms with Crippen molar-refractivity contribution >= 4 is 0 Å². The van der Waals surface area contributed by atoms with Gasteiger partial charge in [-0.05, 0) is 31.4 Å². The van der Waals surface area contributed by atoms with Crippen LogP contribution in [0.2, 0.25) is 0 Å². The second-order valence-corrected chi connectivity index (χ2v) is 4.57. The van der Waals surface area contributed by atoms with Gasteiger partial charge in [0.25, 0.3) is 0 Å². The van der Waals surface area contributed by atoms with E-state index in [0.29, 0.717) is 18.4 Å². The Hall–Kier alpha value is -1.50. The van der Waals surface area contributed by atoms with Crippen LogP contribution in [0.1, 0.15) is 49.3 Å². The molecule has 0 saturated heterocycles. The van der Waals surface area contributed by atoms with E-state index in [2.05, 4.69) is 4.98 Å². The van der Waals surface area contributed by atoms with E-state index in [1.165, 1.54) is 6.20 Å². The van der Waals surface area contributed by atoms with Crippen molar-refractivity contribution < 1.29 is 8.78 Å². The summed E-state index contributed by atoms with van der Waals surface area (Å²) in [5, 5.41) is 8.66. The quantitative estimate of drug-likeness (QED) is 0.698. The summed E-state index contributed by atoms with van der Waals surface area (Å²) in [6.07, 6.45) is 3.22. The zero-order valence-electron chi connectivity index (χ0n) is 9.50. The predicted octanol–water partition coefficient (Wildman–Crippen LogP) is 3.64. The summed E-state index contributed by atoms with van der Waals surface area (Å²) in [7, 11) is 0. The minimum absolute atomic E-state index is 0.0141. The van der Waals surface area contributed by atoms with Gasteiger partial charge in [-0.3, -0.25) is 4.98 Å². The van der Waals surface area contributed by atoms with Crippen LogP contribution in [0.4, 0.5) is 8.78 Å². The van der Waals surface area contributed by atoms with Crippen molar-refractivity contribution in [2.75, 3.05) is 0 Å². The second kappa shape index (κ2) is 4.79. The van der Waals surface area contributed by atoms with Crippen molar-refractivity contribution in [3.05, 3.63) is 29.6 Å². The lowest BCUT2D eigenvalue weighted by Gasteiger charge is -2.14. The highest BCUT2D eigenvalue weighted by atomic mass is 19.3. The third kappa shape index (κ3) is 3.00. The molecule has 1 aliphatic rings. The van der Waals surface area contributed by atoms with Crippen LogP contribution in [0, 0.1) is 11.3 Å². The molecule has 2 rings (SSSR count). The second-order valence-electron chi connectivity index (χ2n) is 4.57. The molecule has 17 heavy (non-hydrogen) atoms. The lowest BCUT2D eigenvalue weighted by Crippen LogP contribution is -2.13. The molecule has 1 unspecified atom stereocenters. The first-order chi connectivity index (χ1) is 8.11. The molecular formula is C13H14F2N2. The summed E-state index contributed by atoms with van der Waals surface area (Å²) in [4.78, 5) is 4.20. The van der Waals surface area contributed by atoms with E-state index in [4.69, 9.17) is 5.26 Å². The van der Waals surface area contributed by atoms with Gasteiger partial charge in [-0.1, -0.05) is 0 Å². The highest BCUT2D eigenvalue weighted by molar-refractivity contribution is 5.27. The van der Waals surface area contributed by atoms with Crippen molar-refractivity contribution in [1.29, 1.82) is 5.26 Å². The van der Waals surface area contributed by atoms with E-state index in [-0.39, 0.29) is 18.8 Å². The van der Waals surface area contributed by atoms with E-state index in [9.17, 15) is 8.78 Å². The normalized spacial score (nSPS) is 23.7. The molecule has 2 nitrogen and oxygen atoms in total. The fraction of sp³-hybridized carbons (Fsp3) is 0.538. The summed E-state index contributed by atoms with van der Waals surface area (Å²) < 4.78 is 26.4. The van der Waals surface area contributed by atoms with Gasteiger partial charge in [0.2, 0.25) is 5.92 Å². The van der Waals surface area contributed by atoms with Gasteiger partial charge < -0.3 is 0 Å². The number of nitrogens with zero attached hydrogens (tertiary/aromatic N) is 2. The third-order valence-corrected chi connectivity index (χ3v) is 3.29. The van der Waals surface area contributed by atoms with Crippen molar-refractivity contribution in [2.45, 2.75) is 43.9 Å². The number of pyridine rings is 1. The van der Waals surface area contributed by atoms with Crippen molar-refractivity contribution in [3.63, 3.8) is 0 Å². The fourth-order valence-electron chi connectivity index (χ4n) is 2.27. The lowest BCUT2D eigenvalue weighted by atomic mass is 9.96. The molecule has 1 atom stereocenters. The summed E-state index contributed by atoms with van der Waals surface area (Å²) in [5.74, 6) is -2.41. The van der Waals surface area contributed by atoms with E-state index >= 15 is 0 Å². The maximum Gasteiger partial charge on any atom is 0.248 e. The maximum absolute atomic E-state index is 13.2. The average Bonchev–Trinajstić information content (AvgIpc) is 2.50. The fourth-order valence-corrected chi connectivity index (χ4v) is 2.27. The van der Waals surface area contributed by atoms with Gasteiger partial charge in [-0.2, -0.15) is 5.26 Å². The predicted molar refractivity (Wildman–Crippen MR) is 59.7 cm³/mol. The molecule has 0 radical (unpaired) electrons. The van der Waals surface area contributed by atoms with Crippen LogP contribution < -0.4 is 0 Å². The monoisotopic (exact) mass is 236 g/mol. The molecule has 1 aliphatic carbocycles. The van der Waals surface area contributed by atoms with Crippen LogP contribution >= 0.6 is 0 Å². The van der Waals surface area contributed by atoms with Crippen LogP contribution in [-0.4, -0.2) is 10.9 Å². The van der Waals surface area contributed by atoms with Gasteiger partial charge in [-0.15, -0.1) is 0 Å². The maximum atomic E-state index is 13.2. The molecule has 0 N–H and O–H groups in total. The molecule has 0 bridgehead atoms.